The van der Waals surface area contributed by atoms with Crippen molar-refractivity contribution in [2.45, 2.75) is 38.6 Å². The molecule has 0 spiro atoms. The monoisotopic (exact) mass is 297 g/mol. The van der Waals surface area contributed by atoms with E-state index in [1.807, 2.05) is 41.0 Å². The maximum Gasteiger partial charge on any atom is 0.222 e. The van der Waals surface area contributed by atoms with Crippen LogP contribution in [0.2, 0.25) is 0 Å². The van der Waals surface area contributed by atoms with Crippen LogP contribution < -0.4 is 0 Å². The van der Waals surface area contributed by atoms with Crippen molar-refractivity contribution >= 4 is 5.91 Å². The molecular formula is C18H23N3O. The zero-order valence-electron chi connectivity index (χ0n) is 13.1. The van der Waals surface area contributed by atoms with Gasteiger partial charge in [0.05, 0.1) is 5.69 Å². The molecule has 1 aliphatic rings. The summed E-state index contributed by atoms with van der Waals surface area (Å²) in [5.74, 6) is 0.875. The normalized spacial score (nSPS) is 15.1. The van der Waals surface area contributed by atoms with E-state index in [-0.39, 0.29) is 5.91 Å². The van der Waals surface area contributed by atoms with Crippen LogP contribution in [0.5, 0.6) is 0 Å². The van der Waals surface area contributed by atoms with Crippen LogP contribution in [0.4, 0.5) is 0 Å². The predicted molar refractivity (Wildman–Crippen MR) is 86.6 cm³/mol. The third-order valence-corrected chi connectivity index (χ3v) is 4.49. The molecule has 0 radical (unpaired) electrons. The molecule has 1 aromatic carbocycles. The summed E-state index contributed by atoms with van der Waals surface area (Å²) in [5.41, 5.74) is 2.19. The van der Waals surface area contributed by atoms with Crippen LogP contribution in [-0.4, -0.2) is 27.6 Å². The van der Waals surface area contributed by atoms with Gasteiger partial charge in [0, 0.05) is 32.4 Å². The summed E-state index contributed by atoms with van der Waals surface area (Å²) < 4.78 is 1.83. The van der Waals surface area contributed by atoms with Gasteiger partial charge in [-0.3, -0.25) is 4.79 Å². The Morgan fingerprint density at radius 2 is 2.00 bits per heavy atom. The third-order valence-electron chi connectivity index (χ3n) is 4.49. The summed E-state index contributed by atoms with van der Waals surface area (Å²) in [4.78, 5) is 14.1. The van der Waals surface area contributed by atoms with Gasteiger partial charge in [-0.15, -0.1) is 0 Å². The van der Waals surface area contributed by atoms with Crippen molar-refractivity contribution in [3.63, 3.8) is 0 Å². The average Bonchev–Trinajstić information content (AvgIpc) is 3.21. The molecule has 0 unspecified atom stereocenters. The van der Waals surface area contributed by atoms with E-state index in [0.29, 0.717) is 18.9 Å². The number of rotatable bonds is 5. The van der Waals surface area contributed by atoms with E-state index in [2.05, 4.69) is 17.2 Å². The first-order chi connectivity index (χ1) is 10.7. The first-order valence-electron chi connectivity index (χ1n) is 8.05. The number of nitrogens with zero attached hydrogens (tertiary/aromatic N) is 3. The van der Waals surface area contributed by atoms with E-state index < -0.39 is 0 Å². The number of carbonyl (C=O) groups excluding carboxylic acids is 1. The second kappa shape index (κ2) is 6.77. The Hall–Kier alpha value is -2.10. The Bertz CT molecular complexity index is 598. The summed E-state index contributed by atoms with van der Waals surface area (Å²) in [6.07, 6.45) is 9.42. The molecule has 2 aromatic rings. The zero-order valence-corrected chi connectivity index (χ0v) is 13.1. The molecule has 116 valence electrons. The Labute approximate surface area is 131 Å². The molecule has 0 bridgehead atoms. The highest BCUT2D eigenvalue weighted by molar-refractivity contribution is 5.76. The third kappa shape index (κ3) is 3.56. The van der Waals surface area contributed by atoms with E-state index in [1.165, 1.54) is 25.7 Å². The summed E-state index contributed by atoms with van der Waals surface area (Å²) in [6, 6.07) is 10.1. The summed E-state index contributed by atoms with van der Waals surface area (Å²) in [6.45, 7) is 0.672. The number of aromatic nitrogens is 2. The fraction of sp³-hybridized carbons (Fsp3) is 0.444. The van der Waals surface area contributed by atoms with Crippen molar-refractivity contribution in [2.75, 3.05) is 7.05 Å². The van der Waals surface area contributed by atoms with Crippen LogP contribution >= 0.6 is 0 Å². The first-order valence-corrected chi connectivity index (χ1v) is 8.05. The molecule has 4 nitrogen and oxygen atoms in total. The van der Waals surface area contributed by atoms with Gasteiger partial charge in [0.2, 0.25) is 5.91 Å². The standard InChI is InChI=1S/C18H23N3O/c1-20(18(22)13-15-5-2-3-6-15)14-16-7-9-17(10-8-16)21-12-4-11-19-21/h4,7-12,15H,2-3,5-6,13-14H2,1H3. The van der Waals surface area contributed by atoms with Gasteiger partial charge >= 0.3 is 0 Å². The molecule has 1 aromatic heterocycles. The van der Waals surface area contributed by atoms with Gasteiger partial charge in [0.25, 0.3) is 0 Å². The number of carbonyl (C=O) groups is 1. The Morgan fingerprint density at radius 1 is 1.27 bits per heavy atom. The topological polar surface area (TPSA) is 38.1 Å². The lowest BCUT2D eigenvalue weighted by Crippen LogP contribution is -2.27. The van der Waals surface area contributed by atoms with Crippen LogP contribution in [0.15, 0.2) is 42.7 Å². The van der Waals surface area contributed by atoms with E-state index >= 15 is 0 Å². The Morgan fingerprint density at radius 3 is 2.64 bits per heavy atom. The molecule has 0 aliphatic heterocycles. The fourth-order valence-corrected chi connectivity index (χ4v) is 3.15. The number of benzene rings is 1. The average molecular weight is 297 g/mol. The van der Waals surface area contributed by atoms with E-state index in [1.54, 1.807) is 6.20 Å². The van der Waals surface area contributed by atoms with Crippen molar-refractivity contribution in [2.24, 2.45) is 5.92 Å². The molecule has 1 saturated carbocycles. The maximum absolute atomic E-state index is 12.3. The van der Waals surface area contributed by atoms with Crippen LogP contribution in [0.25, 0.3) is 5.69 Å². The number of hydrogen-bond donors (Lipinski definition) is 0. The second-order valence-corrected chi connectivity index (χ2v) is 6.22. The molecule has 0 saturated heterocycles. The van der Waals surface area contributed by atoms with Crippen molar-refractivity contribution in [3.05, 3.63) is 48.3 Å². The Kier molecular flexibility index (Phi) is 4.56. The summed E-state index contributed by atoms with van der Waals surface area (Å²) >= 11 is 0. The highest BCUT2D eigenvalue weighted by Gasteiger charge is 2.20. The predicted octanol–water partition coefficient (Wildman–Crippen LogP) is 3.41. The van der Waals surface area contributed by atoms with Gasteiger partial charge in [-0.25, -0.2) is 4.68 Å². The molecule has 0 atom stereocenters. The SMILES string of the molecule is CN(Cc1ccc(-n2cccn2)cc1)C(=O)CC1CCCC1. The zero-order chi connectivity index (χ0) is 15.4. The molecule has 1 fully saturated rings. The van der Waals surface area contributed by atoms with Crippen LogP contribution in [-0.2, 0) is 11.3 Å². The lowest BCUT2D eigenvalue weighted by atomic mass is 10.0. The smallest absolute Gasteiger partial charge is 0.222 e. The summed E-state index contributed by atoms with van der Waals surface area (Å²) in [5, 5.41) is 4.21. The van der Waals surface area contributed by atoms with Crippen molar-refractivity contribution in [1.82, 2.24) is 14.7 Å². The molecule has 3 rings (SSSR count). The number of hydrogen-bond acceptors (Lipinski definition) is 2. The van der Waals surface area contributed by atoms with Gasteiger partial charge in [0.1, 0.15) is 0 Å². The Balaban J connectivity index is 1.56. The highest BCUT2D eigenvalue weighted by atomic mass is 16.2. The van der Waals surface area contributed by atoms with Gasteiger partial charge in [-0.2, -0.15) is 5.10 Å². The highest BCUT2D eigenvalue weighted by Crippen LogP contribution is 2.28. The maximum atomic E-state index is 12.3. The number of amides is 1. The van der Waals surface area contributed by atoms with Crippen LogP contribution in [0.3, 0.4) is 0 Å². The molecule has 22 heavy (non-hydrogen) atoms. The molecular weight excluding hydrogens is 274 g/mol. The largest absolute Gasteiger partial charge is 0.341 e. The lowest BCUT2D eigenvalue weighted by molar-refractivity contribution is -0.131. The van der Waals surface area contributed by atoms with Crippen molar-refractivity contribution in [3.8, 4) is 5.69 Å². The molecule has 1 heterocycles. The molecule has 1 aliphatic carbocycles. The van der Waals surface area contributed by atoms with Crippen molar-refractivity contribution < 1.29 is 4.79 Å². The van der Waals surface area contributed by atoms with Crippen LogP contribution in [0.1, 0.15) is 37.7 Å². The first kappa shape index (κ1) is 14.8. The minimum Gasteiger partial charge on any atom is -0.341 e. The summed E-state index contributed by atoms with van der Waals surface area (Å²) in [7, 11) is 1.90. The van der Waals surface area contributed by atoms with Crippen LogP contribution in [0, 0.1) is 5.92 Å². The van der Waals surface area contributed by atoms with E-state index in [0.717, 1.165) is 11.3 Å². The van der Waals surface area contributed by atoms with E-state index in [4.69, 9.17) is 0 Å². The second-order valence-electron chi connectivity index (χ2n) is 6.22. The minimum absolute atomic E-state index is 0.267. The van der Waals surface area contributed by atoms with Gasteiger partial charge in [-0.05, 0) is 42.5 Å². The van der Waals surface area contributed by atoms with Crippen molar-refractivity contribution in [1.29, 1.82) is 0 Å². The lowest BCUT2D eigenvalue weighted by Gasteiger charge is -2.19. The molecule has 1 amide bonds. The van der Waals surface area contributed by atoms with Gasteiger partial charge in [-0.1, -0.05) is 25.0 Å². The fourth-order valence-electron chi connectivity index (χ4n) is 3.15. The quantitative estimate of drug-likeness (QED) is 0.848. The minimum atomic E-state index is 0.267. The van der Waals surface area contributed by atoms with Gasteiger partial charge < -0.3 is 4.90 Å². The molecule has 0 N–H and O–H groups in total. The van der Waals surface area contributed by atoms with E-state index in [9.17, 15) is 4.79 Å². The van der Waals surface area contributed by atoms with Gasteiger partial charge in [0.15, 0.2) is 0 Å². The molecule has 4 heteroatoms.